The van der Waals surface area contributed by atoms with E-state index in [2.05, 4.69) is 4.74 Å². The normalized spacial score (nSPS) is 10.0. The van der Waals surface area contributed by atoms with E-state index in [1.54, 1.807) is 20.8 Å². The van der Waals surface area contributed by atoms with Crippen molar-refractivity contribution in [2.75, 3.05) is 0 Å². The van der Waals surface area contributed by atoms with Crippen molar-refractivity contribution in [2.24, 2.45) is 0 Å². The summed E-state index contributed by atoms with van der Waals surface area (Å²) in [5, 5.41) is 8.16. The van der Waals surface area contributed by atoms with Crippen LogP contribution in [-0.2, 0) is 4.74 Å². The second-order valence-electron chi connectivity index (χ2n) is 4.40. The van der Waals surface area contributed by atoms with Gasteiger partial charge in [-0.15, -0.1) is 0 Å². The average Bonchev–Trinajstić information content (AvgIpc) is 2.29. The summed E-state index contributed by atoms with van der Waals surface area (Å²) in [7, 11) is 0. The van der Waals surface area contributed by atoms with E-state index in [1.807, 2.05) is 37.3 Å². The Morgan fingerprint density at radius 2 is 1.72 bits per heavy atom. The van der Waals surface area contributed by atoms with Gasteiger partial charge in [-0.1, -0.05) is 37.3 Å². The van der Waals surface area contributed by atoms with E-state index >= 15 is 0 Å². The molecule has 4 heteroatoms. The number of hydrogen-bond acceptors (Lipinski definition) is 3. The fraction of sp³-hybridized carbons (Fsp3) is 0.429. The zero-order valence-electron chi connectivity index (χ0n) is 11.3. The maximum atomic E-state index is 10.6. The number of Topliss-reactive ketones (excluding diaryl/α,β-unsaturated/α-hetero) is 1. The van der Waals surface area contributed by atoms with Crippen molar-refractivity contribution in [1.29, 1.82) is 0 Å². The smallest absolute Gasteiger partial charge is 0.450 e. The number of benzene rings is 1. The molecule has 18 heavy (non-hydrogen) atoms. The van der Waals surface area contributed by atoms with Crippen molar-refractivity contribution >= 4 is 11.9 Å². The highest BCUT2D eigenvalue weighted by Gasteiger charge is 2.18. The van der Waals surface area contributed by atoms with E-state index in [0.29, 0.717) is 6.42 Å². The van der Waals surface area contributed by atoms with E-state index in [-0.39, 0.29) is 5.78 Å². The lowest BCUT2D eigenvalue weighted by Crippen LogP contribution is -2.25. The number of ketones is 1. The molecule has 0 aliphatic rings. The summed E-state index contributed by atoms with van der Waals surface area (Å²) >= 11 is 0. The van der Waals surface area contributed by atoms with Gasteiger partial charge in [0.25, 0.3) is 0 Å². The first kappa shape index (κ1) is 16.2. The van der Waals surface area contributed by atoms with Crippen LogP contribution in [0.2, 0.25) is 0 Å². The minimum absolute atomic E-state index is 0.121. The third-order valence-electron chi connectivity index (χ3n) is 2.40. The largest absolute Gasteiger partial charge is 0.506 e. The van der Waals surface area contributed by atoms with Crippen LogP contribution in [0.5, 0.6) is 0 Å². The first-order chi connectivity index (χ1) is 8.28. The summed E-state index contributed by atoms with van der Waals surface area (Å²) in [6, 6.07) is 9.23. The van der Waals surface area contributed by atoms with Gasteiger partial charge in [0.1, 0.15) is 5.60 Å². The molecule has 0 radical (unpaired) electrons. The highest BCUT2D eigenvalue weighted by Crippen LogP contribution is 2.12. The number of hydrogen-bond donors (Lipinski definition) is 1. The van der Waals surface area contributed by atoms with Crippen molar-refractivity contribution in [3.63, 3.8) is 0 Å². The Hall–Kier alpha value is -1.84. The Morgan fingerprint density at radius 1 is 1.22 bits per heavy atom. The van der Waals surface area contributed by atoms with Crippen molar-refractivity contribution in [2.45, 2.75) is 39.7 Å². The SMILES string of the molecule is CC(=O)c1ccccc1.CCC(C)(C)OC(=O)O. The van der Waals surface area contributed by atoms with E-state index in [0.717, 1.165) is 5.56 Å². The molecule has 0 unspecified atom stereocenters. The third kappa shape index (κ3) is 7.44. The van der Waals surface area contributed by atoms with E-state index in [1.165, 1.54) is 0 Å². The second kappa shape index (κ2) is 7.48. The molecular weight excluding hydrogens is 232 g/mol. The molecule has 0 aromatic heterocycles. The summed E-state index contributed by atoms with van der Waals surface area (Å²) in [4.78, 5) is 20.6. The zero-order chi connectivity index (χ0) is 14.2. The van der Waals surface area contributed by atoms with Gasteiger partial charge in [-0.3, -0.25) is 4.79 Å². The summed E-state index contributed by atoms with van der Waals surface area (Å²) < 4.78 is 4.50. The predicted molar refractivity (Wildman–Crippen MR) is 69.9 cm³/mol. The van der Waals surface area contributed by atoms with Crippen LogP contribution < -0.4 is 0 Å². The fourth-order valence-corrected chi connectivity index (χ4v) is 0.981. The summed E-state index contributed by atoms with van der Waals surface area (Å²) in [6.45, 7) is 6.92. The molecule has 0 bridgehead atoms. The van der Waals surface area contributed by atoms with Gasteiger partial charge in [0, 0.05) is 5.56 Å². The van der Waals surface area contributed by atoms with Crippen LogP contribution in [0.4, 0.5) is 4.79 Å². The molecule has 4 nitrogen and oxygen atoms in total. The van der Waals surface area contributed by atoms with E-state index in [4.69, 9.17) is 5.11 Å². The molecule has 0 atom stereocenters. The van der Waals surface area contributed by atoms with Gasteiger partial charge in [0.2, 0.25) is 0 Å². The number of ether oxygens (including phenoxy) is 1. The molecule has 0 spiro atoms. The molecule has 0 saturated carbocycles. The standard InChI is InChI=1S/C8H8O.C6H12O3/c1-7(9)8-5-3-2-4-6-8;1-4-6(2,3)9-5(7)8/h2-6H,1H3;4H2,1-3H3,(H,7,8). The first-order valence-corrected chi connectivity index (χ1v) is 5.76. The maximum absolute atomic E-state index is 10.6. The Labute approximate surface area is 108 Å². The van der Waals surface area contributed by atoms with Gasteiger partial charge in [0.15, 0.2) is 5.78 Å². The van der Waals surface area contributed by atoms with Gasteiger partial charge >= 0.3 is 6.16 Å². The molecule has 0 amide bonds. The van der Waals surface area contributed by atoms with Crippen LogP contribution >= 0.6 is 0 Å². The van der Waals surface area contributed by atoms with Gasteiger partial charge in [0.05, 0.1) is 0 Å². The highest BCUT2D eigenvalue weighted by atomic mass is 16.7. The second-order valence-corrected chi connectivity index (χ2v) is 4.40. The number of carbonyl (C=O) groups is 2. The Balaban J connectivity index is 0.000000321. The minimum atomic E-state index is -1.21. The zero-order valence-corrected chi connectivity index (χ0v) is 11.3. The number of rotatable bonds is 3. The first-order valence-electron chi connectivity index (χ1n) is 5.76. The molecule has 0 saturated heterocycles. The van der Waals surface area contributed by atoms with E-state index in [9.17, 15) is 9.59 Å². The molecule has 0 aliphatic heterocycles. The summed E-state index contributed by atoms with van der Waals surface area (Å²) in [5.41, 5.74) is 0.240. The van der Waals surface area contributed by atoms with E-state index < -0.39 is 11.8 Å². The molecular formula is C14H20O4. The summed E-state index contributed by atoms with van der Waals surface area (Å²) in [6.07, 6.45) is -0.513. The fourth-order valence-electron chi connectivity index (χ4n) is 0.981. The number of carbonyl (C=O) groups excluding carboxylic acids is 1. The molecule has 0 heterocycles. The molecule has 0 aliphatic carbocycles. The lowest BCUT2D eigenvalue weighted by Gasteiger charge is -2.20. The van der Waals surface area contributed by atoms with Crippen molar-refractivity contribution in [3.05, 3.63) is 35.9 Å². The van der Waals surface area contributed by atoms with Crippen LogP contribution in [0, 0.1) is 0 Å². The monoisotopic (exact) mass is 252 g/mol. The van der Waals surface area contributed by atoms with Crippen molar-refractivity contribution in [1.82, 2.24) is 0 Å². The quantitative estimate of drug-likeness (QED) is 0.657. The topological polar surface area (TPSA) is 63.6 Å². The lowest BCUT2D eigenvalue weighted by molar-refractivity contribution is 0.00184. The third-order valence-corrected chi connectivity index (χ3v) is 2.40. The molecule has 0 fully saturated rings. The van der Waals surface area contributed by atoms with Crippen LogP contribution in [0.25, 0.3) is 0 Å². The van der Waals surface area contributed by atoms with Gasteiger partial charge in [-0.25, -0.2) is 4.79 Å². The van der Waals surface area contributed by atoms with Crippen LogP contribution in [0.15, 0.2) is 30.3 Å². The Morgan fingerprint density at radius 3 is 1.94 bits per heavy atom. The van der Waals surface area contributed by atoms with Gasteiger partial charge in [-0.2, -0.15) is 0 Å². The molecule has 1 N–H and O–H groups in total. The molecule has 100 valence electrons. The average molecular weight is 252 g/mol. The van der Waals surface area contributed by atoms with Crippen LogP contribution in [0.3, 0.4) is 0 Å². The molecule has 1 rings (SSSR count). The van der Waals surface area contributed by atoms with Gasteiger partial charge < -0.3 is 9.84 Å². The highest BCUT2D eigenvalue weighted by molar-refractivity contribution is 5.93. The molecule has 1 aromatic rings. The van der Waals surface area contributed by atoms with Crippen LogP contribution in [0.1, 0.15) is 44.5 Å². The van der Waals surface area contributed by atoms with Gasteiger partial charge in [-0.05, 0) is 27.2 Å². The predicted octanol–water partition coefficient (Wildman–Crippen LogP) is 3.76. The lowest BCUT2D eigenvalue weighted by atomic mass is 10.1. The number of carboxylic acid groups (broad SMARTS) is 1. The maximum Gasteiger partial charge on any atom is 0.506 e. The Kier molecular flexibility index (Phi) is 6.71. The Bertz CT molecular complexity index is 382. The summed E-state index contributed by atoms with van der Waals surface area (Å²) in [5.74, 6) is 0.121. The molecule has 1 aromatic carbocycles. The van der Waals surface area contributed by atoms with Crippen LogP contribution in [-0.4, -0.2) is 22.6 Å². The van der Waals surface area contributed by atoms with Crippen molar-refractivity contribution < 1.29 is 19.4 Å². The minimum Gasteiger partial charge on any atom is -0.450 e. The van der Waals surface area contributed by atoms with Crippen molar-refractivity contribution in [3.8, 4) is 0 Å².